The predicted molar refractivity (Wildman–Crippen MR) is 89.0 cm³/mol. The summed E-state index contributed by atoms with van der Waals surface area (Å²) in [6, 6.07) is 6.05. The molecule has 0 bridgehead atoms. The molecule has 0 aliphatic carbocycles. The number of halogens is 1. The van der Waals surface area contributed by atoms with Crippen LogP contribution in [0.3, 0.4) is 0 Å². The lowest BCUT2D eigenvalue weighted by Gasteiger charge is -2.14. The standard InChI is InChI=1S/C13H15IN4OS/c1-8(2)10-5-9(14)3-4-11(10)17-12(19)6-20-13-15-7-16-18-13/h3-5,7-8H,6H2,1-2H3,(H,17,19)(H,15,16,18). The molecule has 1 heterocycles. The number of carbonyl (C=O) groups excluding carboxylic acids is 1. The Balaban J connectivity index is 2.00. The Morgan fingerprint density at radius 1 is 1.50 bits per heavy atom. The minimum Gasteiger partial charge on any atom is -0.325 e. The Morgan fingerprint density at radius 2 is 2.30 bits per heavy atom. The molecule has 0 saturated heterocycles. The molecular weight excluding hydrogens is 387 g/mol. The van der Waals surface area contributed by atoms with E-state index >= 15 is 0 Å². The number of H-pyrrole nitrogens is 1. The van der Waals surface area contributed by atoms with E-state index in [0.29, 0.717) is 16.8 Å². The van der Waals surface area contributed by atoms with Crippen molar-refractivity contribution >= 4 is 45.9 Å². The minimum absolute atomic E-state index is 0.0468. The third-order valence-electron chi connectivity index (χ3n) is 2.64. The second-order valence-electron chi connectivity index (χ2n) is 4.51. The third-order valence-corrected chi connectivity index (χ3v) is 4.19. The lowest BCUT2D eigenvalue weighted by Crippen LogP contribution is -2.15. The number of nitrogens with one attached hydrogen (secondary N) is 2. The summed E-state index contributed by atoms with van der Waals surface area (Å²) in [7, 11) is 0. The summed E-state index contributed by atoms with van der Waals surface area (Å²) in [6.07, 6.45) is 1.43. The predicted octanol–water partition coefficient (Wildman–Crippen LogP) is 3.26. The summed E-state index contributed by atoms with van der Waals surface area (Å²) in [6.45, 7) is 4.23. The van der Waals surface area contributed by atoms with Gasteiger partial charge in [-0.2, -0.15) is 5.10 Å². The van der Waals surface area contributed by atoms with E-state index in [9.17, 15) is 4.79 Å². The highest BCUT2D eigenvalue weighted by Crippen LogP contribution is 2.26. The zero-order valence-electron chi connectivity index (χ0n) is 11.2. The maximum atomic E-state index is 12.0. The lowest BCUT2D eigenvalue weighted by molar-refractivity contribution is -0.113. The van der Waals surface area contributed by atoms with E-state index < -0.39 is 0 Å². The molecule has 106 valence electrons. The molecule has 0 unspecified atom stereocenters. The highest BCUT2D eigenvalue weighted by atomic mass is 127. The van der Waals surface area contributed by atoms with Crippen molar-refractivity contribution < 1.29 is 4.79 Å². The SMILES string of the molecule is CC(C)c1cc(I)ccc1NC(=O)CSc1ncn[nH]1. The summed E-state index contributed by atoms with van der Waals surface area (Å²) >= 11 is 3.61. The Hall–Kier alpha value is -1.09. The van der Waals surface area contributed by atoms with Gasteiger partial charge in [-0.15, -0.1) is 0 Å². The van der Waals surface area contributed by atoms with Crippen LogP contribution in [0.2, 0.25) is 0 Å². The van der Waals surface area contributed by atoms with E-state index in [4.69, 9.17) is 0 Å². The van der Waals surface area contributed by atoms with Crippen molar-refractivity contribution in [2.24, 2.45) is 0 Å². The molecule has 2 N–H and O–H groups in total. The monoisotopic (exact) mass is 402 g/mol. The van der Waals surface area contributed by atoms with Gasteiger partial charge in [-0.3, -0.25) is 9.89 Å². The molecule has 5 nitrogen and oxygen atoms in total. The van der Waals surface area contributed by atoms with Crippen LogP contribution >= 0.6 is 34.4 Å². The molecule has 1 aromatic heterocycles. The van der Waals surface area contributed by atoms with Crippen LogP contribution < -0.4 is 5.32 Å². The summed E-state index contributed by atoms with van der Waals surface area (Å²) in [4.78, 5) is 15.9. The fourth-order valence-corrected chi connectivity index (χ4v) is 2.80. The highest BCUT2D eigenvalue weighted by Gasteiger charge is 2.11. The Morgan fingerprint density at radius 3 is 2.95 bits per heavy atom. The molecule has 0 saturated carbocycles. The van der Waals surface area contributed by atoms with Crippen LogP contribution in [0.15, 0.2) is 29.7 Å². The summed E-state index contributed by atoms with van der Waals surface area (Å²) in [5.41, 5.74) is 2.03. The van der Waals surface area contributed by atoms with Gasteiger partial charge < -0.3 is 5.32 Å². The van der Waals surface area contributed by atoms with Gasteiger partial charge >= 0.3 is 0 Å². The first-order chi connectivity index (χ1) is 9.56. The van der Waals surface area contributed by atoms with E-state index in [1.807, 2.05) is 12.1 Å². The smallest absolute Gasteiger partial charge is 0.234 e. The van der Waals surface area contributed by atoms with Gasteiger partial charge in [-0.1, -0.05) is 25.6 Å². The van der Waals surface area contributed by atoms with Gasteiger partial charge in [0.25, 0.3) is 0 Å². The van der Waals surface area contributed by atoms with Gasteiger partial charge in [0.15, 0.2) is 5.16 Å². The molecule has 0 aliphatic heterocycles. The fraction of sp³-hybridized carbons (Fsp3) is 0.308. The largest absolute Gasteiger partial charge is 0.325 e. The second kappa shape index (κ2) is 7.07. The molecule has 20 heavy (non-hydrogen) atoms. The molecule has 2 rings (SSSR count). The zero-order valence-corrected chi connectivity index (χ0v) is 14.2. The normalized spacial score (nSPS) is 10.8. The Bertz CT molecular complexity index is 586. The van der Waals surface area contributed by atoms with Crippen LogP contribution in [-0.4, -0.2) is 26.8 Å². The van der Waals surface area contributed by atoms with Crippen molar-refractivity contribution in [3.8, 4) is 0 Å². The number of amides is 1. The lowest BCUT2D eigenvalue weighted by atomic mass is 10.0. The molecule has 0 aliphatic rings. The third kappa shape index (κ3) is 4.20. The van der Waals surface area contributed by atoms with E-state index in [1.54, 1.807) is 0 Å². The number of thioether (sulfide) groups is 1. The van der Waals surface area contributed by atoms with Crippen LogP contribution in [0.1, 0.15) is 25.3 Å². The van der Waals surface area contributed by atoms with Gasteiger partial charge in [0, 0.05) is 9.26 Å². The van der Waals surface area contributed by atoms with E-state index in [0.717, 1.165) is 11.3 Å². The molecule has 1 aromatic carbocycles. The number of aromatic nitrogens is 3. The van der Waals surface area contributed by atoms with Crippen molar-refractivity contribution in [1.29, 1.82) is 0 Å². The average molecular weight is 402 g/mol. The van der Waals surface area contributed by atoms with E-state index in [2.05, 4.69) is 63.0 Å². The summed E-state index contributed by atoms with van der Waals surface area (Å²) in [5.74, 6) is 0.620. The molecule has 0 fully saturated rings. The number of aromatic amines is 1. The number of anilines is 1. The fourth-order valence-electron chi connectivity index (χ4n) is 1.71. The first-order valence-corrected chi connectivity index (χ1v) is 8.20. The van der Waals surface area contributed by atoms with Crippen molar-refractivity contribution in [2.45, 2.75) is 24.9 Å². The van der Waals surface area contributed by atoms with Crippen LogP contribution in [0.5, 0.6) is 0 Å². The van der Waals surface area contributed by atoms with Gasteiger partial charge in [0.1, 0.15) is 6.33 Å². The molecule has 7 heteroatoms. The number of carbonyl (C=O) groups is 1. The Labute approximate surface area is 135 Å². The number of rotatable bonds is 5. The summed E-state index contributed by atoms with van der Waals surface area (Å²) in [5, 5.41) is 10.1. The topological polar surface area (TPSA) is 70.7 Å². The van der Waals surface area contributed by atoms with Gasteiger partial charge in [0.05, 0.1) is 5.75 Å². The van der Waals surface area contributed by atoms with Crippen molar-refractivity contribution in [3.63, 3.8) is 0 Å². The molecule has 0 spiro atoms. The second-order valence-corrected chi connectivity index (χ2v) is 6.72. The zero-order chi connectivity index (χ0) is 14.5. The molecule has 0 radical (unpaired) electrons. The number of hydrogen-bond acceptors (Lipinski definition) is 4. The maximum absolute atomic E-state index is 12.0. The number of nitrogens with zero attached hydrogens (tertiary/aromatic N) is 2. The maximum Gasteiger partial charge on any atom is 0.234 e. The van der Waals surface area contributed by atoms with Crippen LogP contribution in [0, 0.1) is 3.57 Å². The molecule has 2 aromatic rings. The van der Waals surface area contributed by atoms with E-state index in [1.165, 1.54) is 21.7 Å². The molecule has 1 amide bonds. The van der Waals surface area contributed by atoms with Crippen molar-refractivity contribution in [1.82, 2.24) is 15.2 Å². The number of hydrogen-bond donors (Lipinski definition) is 2. The first-order valence-electron chi connectivity index (χ1n) is 6.13. The van der Waals surface area contributed by atoms with Gasteiger partial charge in [0.2, 0.25) is 5.91 Å². The quantitative estimate of drug-likeness (QED) is 0.595. The van der Waals surface area contributed by atoms with Gasteiger partial charge in [-0.05, 0) is 52.3 Å². The van der Waals surface area contributed by atoms with Crippen molar-refractivity contribution in [2.75, 3.05) is 11.1 Å². The van der Waals surface area contributed by atoms with Crippen LogP contribution in [-0.2, 0) is 4.79 Å². The Kier molecular flexibility index (Phi) is 5.41. The van der Waals surface area contributed by atoms with Gasteiger partial charge in [-0.25, -0.2) is 4.98 Å². The minimum atomic E-state index is -0.0468. The first kappa shape index (κ1) is 15.3. The van der Waals surface area contributed by atoms with Crippen molar-refractivity contribution in [3.05, 3.63) is 33.7 Å². The van der Waals surface area contributed by atoms with E-state index in [-0.39, 0.29) is 5.91 Å². The van der Waals surface area contributed by atoms with Crippen LogP contribution in [0.4, 0.5) is 5.69 Å². The average Bonchev–Trinajstić information content (AvgIpc) is 2.91. The molecule has 0 atom stereocenters. The molecular formula is C13H15IN4OS. The number of benzene rings is 1. The highest BCUT2D eigenvalue weighted by molar-refractivity contribution is 14.1. The summed E-state index contributed by atoms with van der Waals surface area (Å²) < 4.78 is 1.17. The van der Waals surface area contributed by atoms with Crippen LogP contribution in [0.25, 0.3) is 0 Å².